The van der Waals surface area contributed by atoms with E-state index in [2.05, 4.69) is 5.32 Å². The van der Waals surface area contributed by atoms with Gasteiger partial charge in [0.05, 0.1) is 16.1 Å². The third-order valence-electron chi connectivity index (χ3n) is 3.77. The highest BCUT2D eigenvalue weighted by Gasteiger charge is 2.51. The number of halogens is 3. The van der Waals surface area contributed by atoms with Crippen LogP contribution in [-0.2, 0) is 0 Å². The first-order valence-corrected chi connectivity index (χ1v) is 6.86. The zero-order chi connectivity index (χ0) is 12.8. The summed E-state index contributed by atoms with van der Waals surface area (Å²) >= 11 is 12.0. The molecule has 104 valence electrons. The Morgan fingerprint density at radius 2 is 2.05 bits per heavy atom. The molecule has 0 bridgehead atoms. The number of carbonyl (C=O) groups is 1. The van der Waals surface area contributed by atoms with E-state index in [0.29, 0.717) is 15.6 Å². The van der Waals surface area contributed by atoms with Crippen LogP contribution in [0.4, 0.5) is 0 Å². The van der Waals surface area contributed by atoms with Crippen molar-refractivity contribution >= 4 is 41.5 Å². The maximum absolute atomic E-state index is 12.6. The van der Waals surface area contributed by atoms with Crippen LogP contribution in [0.5, 0.6) is 0 Å². The van der Waals surface area contributed by atoms with Crippen molar-refractivity contribution in [3.63, 3.8) is 0 Å². The molecule has 3 nitrogen and oxygen atoms in total. The Bertz CT molecular complexity index is 503. The molecule has 1 spiro atoms. The minimum absolute atomic E-state index is 0. The van der Waals surface area contributed by atoms with Crippen LogP contribution < -0.4 is 5.32 Å². The van der Waals surface area contributed by atoms with Crippen LogP contribution in [-0.4, -0.2) is 36.0 Å². The molecule has 1 aliphatic heterocycles. The second-order valence-corrected chi connectivity index (χ2v) is 5.83. The lowest BCUT2D eigenvalue weighted by Crippen LogP contribution is -2.55. The first-order valence-electron chi connectivity index (χ1n) is 6.10. The Hall–Kier alpha value is -0.480. The summed E-state index contributed by atoms with van der Waals surface area (Å²) < 4.78 is 0. The molecule has 1 saturated heterocycles. The second kappa shape index (κ2) is 5.49. The molecule has 2 aliphatic rings. The second-order valence-electron chi connectivity index (χ2n) is 4.98. The van der Waals surface area contributed by atoms with Crippen LogP contribution in [0.2, 0.25) is 10.0 Å². The zero-order valence-corrected chi connectivity index (χ0v) is 12.6. The first kappa shape index (κ1) is 14.9. The van der Waals surface area contributed by atoms with Crippen molar-refractivity contribution in [3.8, 4) is 0 Å². The minimum atomic E-state index is 0. The summed E-state index contributed by atoms with van der Waals surface area (Å²) in [7, 11) is 0. The Morgan fingerprint density at radius 1 is 1.32 bits per heavy atom. The molecule has 1 saturated carbocycles. The van der Waals surface area contributed by atoms with E-state index in [0.717, 1.165) is 32.5 Å². The van der Waals surface area contributed by atoms with Gasteiger partial charge in [-0.3, -0.25) is 4.79 Å². The number of carbonyl (C=O) groups excluding carboxylic acids is 1. The molecule has 1 amide bonds. The maximum Gasteiger partial charge on any atom is 0.255 e. The third kappa shape index (κ3) is 2.70. The van der Waals surface area contributed by atoms with Gasteiger partial charge in [-0.15, -0.1) is 12.4 Å². The number of hydrogen-bond acceptors (Lipinski definition) is 2. The Morgan fingerprint density at radius 3 is 2.74 bits per heavy atom. The lowest BCUT2D eigenvalue weighted by atomic mass is 10.1. The van der Waals surface area contributed by atoms with E-state index in [1.165, 1.54) is 0 Å². The van der Waals surface area contributed by atoms with Gasteiger partial charge in [0.2, 0.25) is 0 Å². The van der Waals surface area contributed by atoms with Gasteiger partial charge in [0.1, 0.15) is 0 Å². The smallest absolute Gasteiger partial charge is 0.255 e. The van der Waals surface area contributed by atoms with Crippen molar-refractivity contribution in [2.75, 3.05) is 19.6 Å². The van der Waals surface area contributed by atoms with E-state index in [-0.39, 0.29) is 23.9 Å². The predicted octanol–water partition coefficient (Wildman–Crippen LogP) is 2.99. The molecule has 1 N–H and O–H groups in total. The molecule has 2 fully saturated rings. The fraction of sp³-hybridized carbons (Fsp3) is 0.462. The standard InChI is InChI=1S/C13H14Cl2N2O.ClH/c14-9-1-2-11(15)10(7-9)12(18)17-6-5-16-8-13(17)3-4-13;/h1-2,7,16H,3-6,8H2;1H. The van der Waals surface area contributed by atoms with E-state index < -0.39 is 0 Å². The van der Waals surface area contributed by atoms with Gasteiger partial charge in [0.25, 0.3) is 5.91 Å². The Balaban J connectivity index is 0.00000133. The van der Waals surface area contributed by atoms with Gasteiger partial charge >= 0.3 is 0 Å². The number of rotatable bonds is 1. The van der Waals surface area contributed by atoms with Crippen LogP contribution in [0.25, 0.3) is 0 Å². The molecule has 0 aromatic heterocycles. The van der Waals surface area contributed by atoms with Crippen LogP contribution in [0, 0.1) is 0 Å². The normalized spacial score (nSPS) is 20.0. The van der Waals surface area contributed by atoms with E-state index >= 15 is 0 Å². The molecule has 1 heterocycles. The highest BCUT2D eigenvalue weighted by atomic mass is 35.5. The predicted molar refractivity (Wildman–Crippen MR) is 79.6 cm³/mol. The summed E-state index contributed by atoms with van der Waals surface area (Å²) in [5, 5.41) is 4.36. The summed E-state index contributed by atoms with van der Waals surface area (Å²) in [4.78, 5) is 14.5. The molecule has 3 rings (SSSR count). The molecule has 0 atom stereocenters. The van der Waals surface area contributed by atoms with Crippen molar-refractivity contribution < 1.29 is 4.79 Å². The summed E-state index contributed by atoms with van der Waals surface area (Å²) in [6, 6.07) is 5.04. The number of hydrogen-bond donors (Lipinski definition) is 1. The molecule has 19 heavy (non-hydrogen) atoms. The van der Waals surface area contributed by atoms with E-state index in [9.17, 15) is 4.79 Å². The van der Waals surface area contributed by atoms with Crippen LogP contribution in [0.1, 0.15) is 23.2 Å². The SMILES string of the molecule is Cl.O=C(c1cc(Cl)ccc1Cl)N1CCNCC12CC2. The molecule has 1 aliphatic carbocycles. The van der Waals surface area contributed by atoms with Crippen molar-refractivity contribution in [2.24, 2.45) is 0 Å². The van der Waals surface area contributed by atoms with Gasteiger partial charge < -0.3 is 10.2 Å². The summed E-state index contributed by atoms with van der Waals surface area (Å²) in [6.07, 6.45) is 2.15. The molecular weight excluding hydrogens is 307 g/mol. The van der Waals surface area contributed by atoms with Gasteiger partial charge in [0, 0.05) is 24.7 Å². The van der Waals surface area contributed by atoms with Gasteiger partial charge in [-0.2, -0.15) is 0 Å². The molecule has 1 aromatic carbocycles. The van der Waals surface area contributed by atoms with E-state index in [1.807, 2.05) is 4.90 Å². The van der Waals surface area contributed by atoms with Crippen molar-refractivity contribution in [2.45, 2.75) is 18.4 Å². The summed E-state index contributed by atoms with van der Waals surface area (Å²) in [6.45, 7) is 2.46. The molecule has 0 radical (unpaired) electrons. The highest BCUT2D eigenvalue weighted by Crippen LogP contribution is 2.43. The summed E-state index contributed by atoms with van der Waals surface area (Å²) in [5.41, 5.74) is 0.540. The molecular formula is C13H15Cl3N2O. The van der Waals surface area contributed by atoms with Gasteiger partial charge in [-0.25, -0.2) is 0 Å². The Kier molecular flexibility index (Phi) is 4.31. The number of amides is 1. The van der Waals surface area contributed by atoms with Crippen molar-refractivity contribution in [3.05, 3.63) is 33.8 Å². The number of benzene rings is 1. The number of piperazine rings is 1. The van der Waals surface area contributed by atoms with Gasteiger partial charge in [-0.1, -0.05) is 23.2 Å². The van der Waals surface area contributed by atoms with Crippen molar-refractivity contribution in [1.29, 1.82) is 0 Å². The molecule has 6 heteroatoms. The van der Waals surface area contributed by atoms with Crippen LogP contribution in [0.3, 0.4) is 0 Å². The average Bonchev–Trinajstić information content (AvgIpc) is 3.12. The van der Waals surface area contributed by atoms with Crippen molar-refractivity contribution in [1.82, 2.24) is 10.2 Å². The van der Waals surface area contributed by atoms with E-state index in [4.69, 9.17) is 23.2 Å². The minimum Gasteiger partial charge on any atom is -0.330 e. The van der Waals surface area contributed by atoms with Gasteiger partial charge in [-0.05, 0) is 31.0 Å². The fourth-order valence-corrected chi connectivity index (χ4v) is 2.93. The lowest BCUT2D eigenvalue weighted by molar-refractivity contribution is 0.0601. The highest BCUT2D eigenvalue weighted by molar-refractivity contribution is 6.35. The topological polar surface area (TPSA) is 32.3 Å². The average molecular weight is 322 g/mol. The van der Waals surface area contributed by atoms with Crippen LogP contribution in [0.15, 0.2) is 18.2 Å². The lowest BCUT2D eigenvalue weighted by Gasteiger charge is -2.37. The molecule has 1 aromatic rings. The first-order chi connectivity index (χ1) is 8.62. The monoisotopic (exact) mass is 320 g/mol. The quantitative estimate of drug-likeness (QED) is 0.862. The number of nitrogens with zero attached hydrogens (tertiary/aromatic N) is 1. The van der Waals surface area contributed by atoms with E-state index in [1.54, 1.807) is 18.2 Å². The Labute approximate surface area is 128 Å². The summed E-state index contributed by atoms with van der Waals surface area (Å²) in [5.74, 6) is 0.00139. The fourth-order valence-electron chi connectivity index (χ4n) is 2.56. The number of nitrogens with one attached hydrogen (secondary N) is 1. The van der Waals surface area contributed by atoms with Gasteiger partial charge in [0.15, 0.2) is 0 Å². The van der Waals surface area contributed by atoms with Crippen LogP contribution >= 0.6 is 35.6 Å². The third-order valence-corrected chi connectivity index (χ3v) is 4.33. The maximum atomic E-state index is 12.6. The zero-order valence-electron chi connectivity index (χ0n) is 10.3. The molecule has 0 unspecified atom stereocenters. The largest absolute Gasteiger partial charge is 0.330 e.